The summed E-state index contributed by atoms with van der Waals surface area (Å²) in [6, 6.07) is 69.1. The van der Waals surface area contributed by atoms with Crippen LogP contribution in [0.25, 0.3) is 82.8 Å². The van der Waals surface area contributed by atoms with E-state index >= 15 is 0 Å². The number of benzene rings is 9. The number of halogens is 1. The Morgan fingerprint density at radius 2 is 1.00 bits per heavy atom. The quantitative estimate of drug-likeness (QED) is 0.128. The summed E-state index contributed by atoms with van der Waals surface area (Å²) in [5, 5.41) is 4.52. The molecule has 10 rings (SSSR count). The number of allylic oxidation sites excluding steroid dienone is 5. The van der Waals surface area contributed by atoms with Crippen LogP contribution in [0.5, 0.6) is 0 Å². The summed E-state index contributed by atoms with van der Waals surface area (Å²) in [4.78, 5) is 2.30. The van der Waals surface area contributed by atoms with Gasteiger partial charge < -0.3 is 9.32 Å². The zero-order chi connectivity index (χ0) is 42.0. The minimum atomic E-state index is -0.243. The first kappa shape index (κ1) is 38.2. The van der Waals surface area contributed by atoms with Gasteiger partial charge in [-0.25, -0.2) is 4.39 Å². The Labute approximate surface area is 361 Å². The van der Waals surface area contributed by atoms with Gasteiger partial charge in [0, 0.05) is 27.8 Å². The highest BCUT2D eigenvalue weighted by atomic mass is 19.1. The number of hydrogen-bond acceptors (Lipinski definition) is 2. The van der Waals surface area contributed by atoms with Gasteiger partial charge in [-0.1, -0.05) is 164 Å². The molecular formula is C59H42FNO. The largest absolute Gasteiger partial charge is 0.456 e. The average Bonchev–Trinajstić information content (AvgIpc) is 3.71. The van der Waals surface area contributed by atoms with E-state index in [1.165, 1.54) is 12.1 Å². The molecule has 0 amide bonds. The number of para-hydroxylation sites is 1. The van der Waals surface area contributed by atoms with E-state index in [-0.39, 0.29) is 5.82 Å². The number of nitrogens with zero attached hydrogens (tertiary/aromatic N) is 1. The molecule has 1 aromatic heterocycles. The van der Waals surface area contributed by atoms with Gasteiger partial charge in [-0.3, -0.25) is 0 Å². The van der Waals surface area contributed by atoms with Crippen molar-refractivity contribution in [3.63, 3.8) is 0 Å². The number of anilines is 3. The number of hydrogen-bond donors (Lipinski definition) is 0. The fourth-order valence-electron chi connectivity index (χ4n) is 8.54. The van der Waals surface area contributed by atoms with Gasteiger partial charge in [0.1, 0.15) is 17.0 Å². The van der Waals surface area contributed by atoms with Crippen molar-refractivity contribution in [2.24, 2.45) is 0 Å². The fourth-order valence-corrected chi connectivity index (χ4v) is 8.54. The topological polar surface area (TPSA) is 16.4 Å². The third-order valence-electron chi connectivity index (χ3n) is 11.7. The molecule has 9 aromatic carbocycles. The monoisotopic (exact) mass is 799 g/mol. The Hall–Kier alpha value is -8.01. The van der Waals surface area contributed by atoms with Crippen molar-refractivity contribution in [1.29, 1.82) is 0 Å². The van der Waals surface area contributed by atoms with E-state index in [2.05, 4.69) is 175 Å². The van der Waals surface area contributed by atoms with Crippen LogP contribution in [0.1, 0.15) is 12.5 Å². The van der Waals surface area contributed by atoms with Crippen LogP contribution in [-0.2, 0) is 0 Å². The third-order valence-corrected chi connectivity index (χ3v) is 11.7. The van der Waals surface area contributed by atoms with Gasteiger partial charge in [0.25, 0.3) is 0 Å². The van der Waals surface area contributed by atoms with E-state index in [4.69, 9.17) is 4.42 Å². The van der Waals surface area contributed by atoms with Gasteiger partial charge in [-0.15, -0.1) is 0 Å². The molecule has 1 heterocycles. The lowest BCUT2D eigenvalue weighted by atomic mass is 9.91. The highest BCUT2D eigenvalue weighted by molar-refractivity contribution is 6.07. The summed E-state index contributed by atoms with van der Waals surface area (Å²) in [6.45, 7) is 6.03. The summed E-state index contributed by atoms with van der Waals surface area (Å²) in [6.07, 6.45) is 8.03. The molecule has 0 N–H and O–H groups in total. The first-order valence-electron chi connectivity index (χ1n) is 20.9. The molecule has 0 saturated carbocycles. The van der Waals surface area contributed by atoms with Gasteiger partial charge in [-0.05, 0) is 140 Å². The molecule has 0 aliphatic heterocycles. The van der Waals surface area contributed by atoms with Crippen molar-refractivity contribution in [3.8, 4) is 44.5 Å². The van der Waals surface area contributed by atoms with Gasteiger partial charge in [0.15, 0.2) is 0 Å². The first-order chi connectivity index (χ1) is 30.5. The van der Waals surface area contributed by atoms with E-state index < -0.39 is 0 Å². The molecule has 62 heavy (non-hydrogen) atoms. The van der Waals surface area contributed by atoms with Gasteiger partial charge in [0.2, 0.25) is 0 Å². The van der Waals surface area contributed by atoms with Crippen LogP contribution in [0.3, 0.4) is 0 Å². The molecule has 3 heteroatoms. The van der Waals surface area contributed by atoms with Crippen molar-refractivity contribution in [2.45, 2.75) is 6.92 Å². The molecule has 0 fully saturated rings. The predicted molar refractivity (Wildman–Crippen MR) is 261 cm³/mol. The Bertz CT molecular complexity index is 3280. The smallest absolute Gasteiger partial charge is 0.136 e. The van der Waals surface area contributed by atoms with Crippen LogP contribution >= 0.6 is 0 Å². The molecule has 0 atom stereocenters. The lowest BCUT2D eigenvalue weighted by molar-refractivity contribution is 0.628. The highest BCUT2D eigenvalue weighted by Gasteiger charge is 2.16. The van der Waals surface area contributed by atoms with Crippen LogP contribution in [0.4, 0.5) is 21.5 Å². The molecule has 0 saturated heterocycles. The first-order valence-corrected chi connectivity index (χ1v) is 20.9. The standard InChI is InChI=1S/C59H42FNO/c1-3-5-10-40(4-2)41-17-19-42(20-18-41)43-23-32-50(33-24-43)61(51-34-25-44(26-35-51)48-29-38-56-55-13-6-7-16-57(55)62-58(56)39-48)52-36-27-46(28-37-52)54-15-9-12-47-11-8-14-53(59(47)54)45-21-30-49(60)31-22-45/h3-39H,2H2,1H3/b5-3-,40-10+. The molecule has 296 valence electrons. The maximum Gasteiger partial charge on any atom is 0.136 e. The molecule has 0 aliphatic carbocycles. The summed E-state index contributed by atoms with van der Waals surface area (Å²) in [7, 11) is 0. The van der Waals surface area contributed by atoms with Crippen molar-refractivity contribution in [1.82, 2.24) is 0 Å². The summed E-state index contributed by atoms with van der Waals surface area (Å²) in [5.74, 6) is -0.243. The van der Waals surface area contributed by atoms with Crippen molar-refractivity contribution < 1.29 is 8.81 Å². The molecule has 2 nitrogen and oxygen atoms in total. The molecule has 0 spiro atoms. The minimum absolute atomic E-state index is 0.243. The molecular weight excluding hydrogens is 758 g/mol. The van der Waals surface area contributed by atoms with E-state index in [0.717, 1.165) is 105 Å². The molecule has 0 bridgehead atoms. The lowest BCUT2D eigenvalue weighted by Crippen LogP contribution is -2.09. The predicted octanol–water partition coefficient (Wildman–Crippen LogP) is 17.2. The Morgan fingerprint density at radius 1 is 0.500 bits per heavy atom. The molecule has 0 radical (unpaired) electrons. The van der Waals surface area contributed by atoms with Gasteiger partial charge in [0.05, 0.1) is 0 Å². The third kappa shape index (κ3) is 7.31. The van der Waals surface area contributed by atoms with Gasteiger partial charge in [-0.2, -0.15) is 0 Å². The Morgan fingerprint density at radius 3 is 1.58 bits per heavy atom. The second kappa shape index (κ2) is 16.6. The fraction of sp³-hybridized carbons (Fsp3) is 0.0169. The van der Waals surface area contributed by atoms with Crippen molar-refractivity contribution >= 4 is 55.3 Å². The van der Waals surface area contributed by atoms with Crippen LogP contribution in [0.15, 0.2) is 235 Å². The maximum absolute atomic E-state index is 14.0. The summed E-state index contributed by atoms with van der Waals surface area (Å²) < 4.78 is 20.2. The summed E-state index contributed by atoms with van der Waals surface area (Å²) >= 11 is 0. The van der Waals surface area contributed by atoms with Crippen LogP contribution in [-0.4, -0.2) is 0 Å². The zero-order valence-electron chi connectivity index (χ0n) is 34.3. The second-order valence-corrected chi connectivity index (χ2v) is 15.4. The SMILES string of the molecule is C=C/C(=C\C=C/C)c1ccc(-c2ccc(N(c3ccc(-c4ccc5c(c4)oc4ccccc45)cc3)c3ccc(-c4cccc5cccc(-c6ccc(F)cc6)c45)cc3)cc2)cc1. The Kier molecular flexibility index (Phi) is 10.2. The van der Waals surface area contributed by atoms with E-state index in [1.54, 1.807) is 0 Å². The van der Waals surface area contributed by atoms with E-state index in [0.29, 0.717) is 0 Å². The van der Waals surface area contributed by atoms with Crippen LogP contribution in [0.2, 0.25) is 0 Å². The number of fused-ring (bicyclic) bond motifs is 4. The Balaban J connectivity index is 1.02. The average molecular weight is 800 g/mol. The van der Waals surface area contributed by atoms with Crippen molar-refractivity contribution in [2.75, 3.05) is 4.90 Å². The van der Waals surface area contributed by atoms with Crippen molar-refractivity contribution in [3.05, 3.63) is 242 Å². The molecule has 0 unspecified atom stereocenters. The molecule has 10 aromatic rings. The van der Waals surface area contributed by atoms with E-state index in [9.17, 15) is 4.39 Å². The van der Waals surface area contributed by atoms with Crippen LogP contribution in [0, 0.1) is 5.82 Å². The minimum Gasteiger partial charge on any atom is -0.456 e. The normalized spacial score (nSPS) is 11.8. The lowest BCUT2D eigenvalue weighted by Gasteiger charge is -2.26. The summed E-state index contributed by atoms with van der Waals surface area (Å²) in [5.41, 5.74) is 15.9. The van der Waals surface area contributed by atoms with Gasteiger partial charge >= 0.3 is 0 Å². The van der Waals surface area contributed by atoms with E-state index in [1.807, 2.05) is 55.5 Å². The highest BCUT2D eigenvalue weighted by Crippen LogP contribution is 2.41. The second-order valence-electron chi connectivity index (χ2n) is 15.4. The zero-order valence-corrected chi connectivity index (χ0v) is 34.3. The maximum atomic E-state index is 14.0. The van der Waals surface area contributed by atoms with Crippen LogP contribution < -0.4 is 4.90 Å². The molecule has 0 aliphatic rings. The number of furan rings is 1. The number of rotatable bonds is 10.